The highest BCUT2D eigenvalue weighted by molar-refractivity contribution is 7.11. The molecule has 24 heavy (non-hydrogen) atoms. The van der Waals surface area contributed by atoms with Gasteiger partial charge in [0, 0.05) is 23.9 Å². The molecule has 1 fully saturated rings. The van der Waals surface area contributed by atoms with Gasteiger partial charge in [-0.3, -0.25) is 9.59 Å². The molecule has 1 aliphatic rings. The predicted molar refractivity (Wildman–Crippen MR) is 96.0 cm³/mol. The first-order chi connectivity index (χ1) is 11.3. The van der Waals surface area contributed by atoms with Crippen LogP contribution in [0, 0.1) is 19.8 Å². The first kappa shape index (κ1) is 18.9. The van der Waals surface area contributed by atoms with E-state index < -0.39 is 6.04 Å². The van der Waals surface area contributed by atoms with Gasteiger partial charge in [0.15, 0.2) is 0 Å². The van der Waals surface area contributed by atoms with Gasteiger partial charge in [0.05, 0.1) is 23.3 Å². The molecular formula is C17H28N4O2S. The van der Waals surface area contributed by atoms with E-state index in [1.165, 1.54) is 4.88 Å². The van der Waals surface area contributed by atoms with E-state index in [0.29, 0.717) is 12.5 Å². The number of likely N-dealkylation sites (tertiary alicyclic amines) is 1. The number of thiazole rings is 1. The van der Waals surface area contributed by atoms with Gasteiger partial charge in [-0.25, -0.2) is 4.98 Å². The lowest BCUT2D eigenvalue weighted by atomic mass is 9.98. The minimum atomic E-state index is -0.576. The Morgan fingerprint density at radius 3 is 2.71 bits per heavy atom. The normalized spacial score (nSPS) is 19.4. The second-order valence-electron chi connectivity index (χ2n) is 6.86. The topological polar surface area (TPSA) is 88.3 Å². The van der Waals surface area contributed by atoms with Crippen LogP contribution < -0.4 is 11.1 Å². The number of nitrogens with zero attached hydrogens (tertiary/aromatic N) is 2. The molecule has 1 saturated heterocycles. The number of carbonyl (C=O) groups is 2. The minimum absolute atomic E-state index is 0.0158. The zero-order valence-corrected chi connectivity index (χ0v) is 15.8. The summed E-state index contributed by atoms with van der Waals surface area (Å²) in [5, 5.41) is 3.78. The molecule has 3 N–H and O–H groups in total. The van der Waals surface area contributed by atoms with Crippen molar-refractivity contribution in [2.45, 2.75) is 52.5 Å². The lowest BCUT2D eigenvalue weighted by Crippen LogP contribution is -2.49. The maximum atomic E-state index is 12.4. The molecule has 2 amide bonds. The van der Waals surface area contributed by atoms with Gasteiger partial charge in [-0.2, -0.15) is 0 Å². The Kier molecular flexibility index (Phi) is 6.34. The molecule has 0 aromatic carbocycles. The Balaban J connectivity index is 1.89. The number of piperidine rings is 1. The Morgan fingerprint density at radius 2 is 2.12 bits per heavy atom. The number of hydrogen-bond donors (Lipinski definition) is 2. The van der Waals surface area contributed by atoms with Crippen molar-refractivity contribution in [2.24, 2.45) is 11.7 Å². The van der Waals surface area contributed by atoms with Crippen LogP contribution in [0.25, 0.3) is 0 Å². The molecule has 1 aliphatic heterocycles. The van der Waals surface area contributed by atoms with Crippen LogP contribution in [0.3, 0.4) is 0 Å². The highest BCUT2D eigenvalue weighted by atomic mass is 32.1. The van der Waals surface area contributed by atoms with E-state index in [1.807, 2.05) is 25.7 Å². The molecule has 0 bridgehead atoms. The van der Waals surface area contributed by atoms with Crippen molar-refractivity contribution in [1.29, 1.82) is 0 Å². The van der Waals surface area contributed by atoms with Crippen LogP contribution in [0.5, 0.6) is 0 Å². The second kappa shape index (κ2) is 8.07. The molecule has 0 radical (unpaired) electrons. The first-order valence-corrected chi connectivity index (χ1v) is 9.36. The highest BCUT2D eigenvalue weighted by Crippen LogP contribution is 2.31. The summed E-state index contributed by atoms with van der Waals surface area (Å²) < 4.78 is 0. The molecule has 7 heteroatoms. The van der Waals surface area contributed by atoms with Crippen molar-refractivity contribution >= 4 is 23.2 Å². The molecule has 1 aromatic rings. The van der Waals surface area contributed by atoms with Gasteiger partial charge in [0.2, 0.25) is 11.8 Å². The van der Waals surface area contributed by atoms with Crippen LogP contribution >= 0.6 is 11.3 Å². The van der Waals surface area contributed by atoms with Gasteiger partial charge in [0.1, 0.15) is 0 Å². The quantitative estimate of drug-likeness (QED) is 0.842. The van der Waals surface area contributed by atoms with Gasteiger partial charge >= 0.3 is 0 Å². The molecule has 0 saturated carbocycles. The summed E-state index contributed by atoms with van der Waals surface area (Å²) in [6.45, 7) is 9.31. The third-order valence-electron chi connectivity index (χ3n) is 4.60. The summed E-state index contributed by atoms with van der Waals surface area (Å²) in [6, 6.07) is -0.576. The van der Waals surface area contributed by atoms with Crippen LogP contribution in [0.15, 0.2) is 0 Å². The third kappa shape index (κ3) is 4.54. The Labute approximate surface area is 147 Å². The number of hydrogen-bond acceptors (Lipinski definition) is 5. The summed E-state index contributed by atoms with van der Waals surface area (Å²) in [5.41, 5.74) is 6.87. The van der Waals surface area contributed by atoms with Gasteiger partial charge in [0.25, 0.3) is 0 Å². The number of nitrogens with two attached hydrogens (primary N) is 1. The van der Waals surface area contributed by atoms with Gasteiger partial charge in [-0.1, -0.05) is 13.8 Å². The summed E-state index contributed by atoms with van der Waals surface area (Å²) in [6.07, 6.45) is 2.02. The average molecular weight is 353 g/mol. The SMILES string of the molecule is Cc1nc(C2CCCN(C(=O)CNC(=O)[C@@H](N)C(C)C)C2)sc1C. The fourth-order valence-electron chi connectivity index (χ4n) is 2.77. The third-order valence-corrected chi connectivity index (χ3v) is 5.84. The number of rotatable bonds is 5. The molecule has 1 unspecified atom stereocenters. The summed E-state index contributed by atoms with van der Waals surface area (Å²) in [4.78, 5) is 32.0. The summed E-state index contributed by atoms with van der Waals surface area (Å²) in [5.74, 6) is 0.0386. The lowest BCUT2D eigenvalue weighted by molar-refractivity contribution is -0.134. The number of aryl methyl sites for hydroxylation is 2. The molecule has 2 atom stereocenters. The van der Waals surface area contributed by atoms with E-state index in [0.717, 1.165) is 30.1 Å². The van der Waals surface area contributed by atoms with E-state index in [9.17, 15) is 9.59 Å². The molecule has 0 aliphatic carbocycles. The standard InChI is InChI=1S/C17H28N4O2S/c1-10(2)15(18)16(23)19-8-14(22)21-7-5-6-13(9-21)17-20-11(3)12(4)24-17/h10,13,15H,5-9,18H2,1-4H3,(H,19,23)/t13?,15-/m0/s1. The van der Waals surface area contributed by atoms with Crippen molar-refractivity contribution in [1.82, 2.24) is 15.2 Å². The number of nitrogens with one attached hydrogen (secondary N) is 1. The molecule has 134 valence electrons. The molecule has 2 heterocycles. The fraction of sp³-hybridized carbons (Fsp3) is 0.706. The molecular weight excluding hydrogens is 324 g/mol. The molecule has 2 rings (SSSR count). The number of amides is 2. The summed E-state index contributed by atoms with van der Waals surface area (Å²) in [7, 11) is 0. The van der Waals surface area contributed by atoms with Crippen LogP contribution in [0.2, 0.25) is 0 Å². The maximum Gasteiger partial charge on any atom is 0.241 e. The zero-order valence-electron chi connectivity index (χ0n) is 15.0. The summed E-state index contributed by atoms with van der Waals surface area (Å²) >= 11 is 1.72. The van der Waals surface area contributed by atoms with Crippen LogP contribution in [0.4, 0.5) is 0 Å². The number of aromatic nitrogens is 1. The largest absolute Gasteiger partial charge is 0.346 e. The van der Waals surface area contributed by atoms with E-state index in [1.54, 1.807) is 11.3 Å². The van der Waals surface area contributed by atoms with E-state index in [2.05, 4.69) is 17.2 Å². The van der Waals surface area contributed by atoms with E-state index >= 15 is 0 Å². The Hall–Kier alpha value is -1.47. The molecule has 1 aromatic heterocycles. The Bertz CT molecular complexity index is 580. The second-order valence-corrected chi connectivity index (χ2v) is 8.09. The van der Waals surface area contributed by atoms with Crippen LogP contribution in [0.1, 0.15) is 48.2 Å². The Morgan fingerprint density at radius 1 is 1.42 bits per heavy atom. The van der Waals surface area contributed by atoms with E-state index in [-0.39, 0.29) is 24.3 Å². The first-order valence-electron chi connectivity index (χ1n) is 8.54. The smallest absolute Gasteiger partial charge is 0.241 e. The van der Waals surface area contributed by atoms with E-state index in [4.69, 9.17) is 5.73 Å². The lowest BCUT2D eigenvalue weighted by Gasteiger charge is -2.32. The van der Waals surface area contributed by atoms with Crippen molar-refractivity contribution < 1.29 is 9.59 Å². The number of carbonyl (C=O) groups excluding carboxylic acids is 2. The van der Waals surface area contributed by atoms with Crippen molar-refractivity contribution in [3.63, 3.8) is 0 Å². The van der Waals surface area contributed by atoms with Gasteiger partial charge < -0.3 is 16.0 Å². The average Bonchev–Trinajstić information content (AvgIpc) is 2.90. The van der Waals surface area contributed by atoms with Crippen molar-refractivity contribution in [3.8, 4) is 0 Å². The van der Waals surface area contributed by atoms with Gasteiger partial charge in [-0.15, -0.1) is 11.3 Å². The van der Waals surface area contributed by atoms with Crippen LogP contribution in [-0.4, -0.2) is 47.4 Å². The van der Waals surface area contributed by atoms with Crippen LogP contribution in [-0.2, 0) is 9.59 Å². The fourth-order valence-corrected chi connectivity index (χ4v) is 3.82. The van der Waals surface area contributed by atoms with Crippen molar-refractivity contribution in [3.05, 3.63) is 15.6 Å². The highest BCUT2D eigenvalue weighted by Gasteiger charge is 2.27. The van der Waals surface area contributed by atoms with Crippen molar-refractivity contribution in [2.75, 3.05) is 19.6 Å². The zero-order chi connectivity index (χ0) is 17.9. The maximum absolute atomic E-state index is 12.4. The minimum Gasteiger partial charge on any atom is -0.346 e. The van der Waals surface area contributed by atoms with Gasteiger partial charge in [-0.05, 0) is 32.6 Å². The molecule has 0 spiro atoms. The monoisotopic (exact) mass is 352 g/mol. The molecule has 6 nitrogen and oxygen atoms in total. The predicted octanol–water partition coefficient (Wildman–Crippen LogP) is 1.57.